The van der Waals surface area contributed by atoms with E-state index in [1.807, 2.05) is 0 Å². The summed E-state index contributed by atoms with van der Waals surface area (Å²) in [7, 11) is 0. The van der Waals surface area contributed by atoms with Gasteiger partial charge in [0.25, 0.3) is 0 Å². The number of benzene rings is 1. The Kier molecular flexibility index (Phi) is 3.05. The van der Waals surface area contributed by atoms with Crippen molar-refractivity contribution in [1.29, 1.82) is 0 Å². The molecule has 4 heteroatoms. The van der Waals surface area contributed by atoms with Gasteiger partial charge in [0.2, 0.25) is 0 Å². The van der Waals surface area contributed by atoms with Crippen LogP contribution in [0.4, 0.5) is 0 Å². The average molecular weight is 256 g/mol. The molecule has 1 saturated heterocycles. The van der Waals surface area contributed by atoms with E-state index in [1.165, 1.54) is 0 Å². The van der Waals surface area contributed by atoms with Crippen molar-refractivity contribution in [3.63, 3.8) is 0 Å². The van der Waals surface area contributed by atoms with Crippen LogP contribution in [0.5, 0.6) is 0 Å². The highest BCUT2D eigenvalue weighted by molar-refractivity contribution is 6.27. The van der Waals surface area contributed by atoms with Gasteiger partial charge in [0.05, 0.1) is 0 Å². The monoisotopic (exact) mass is 256 g/mol. The summed E-state index contributed by atoms with van der Waals surface area (Å²) in [6, 6.07) is 6.98. The summed E-state index contributed by atoms with van der Waals surface area (Å²) in [6.07, 6.45) is 0. The van der Waals surface area contributed by atoms with Crippen LogP contribution in [-0.2, 0) is 0 Å². The third-order valence-corrected chi connectivity index (χ3v) is 3.79. The van der Waals surface area contributed by atoms with Crippen molar-refractivity contribution in [3.8, 4) is 0 Å². The van der Waals surface area contributed by atoms with Crippen molar-refractivity contribution in [2.45, 2.75) is 13.0 Å². The number of rotatable bonds is 1. The Balaban J connectivity index is 2.07. The maximum Gasteiger partial charge on any atom is 0.191 e. The van der Waals surface area contributed by atoms with E-state index in [1.54, 1.807) is 31.2 Å². The molecular weight excluding hydrogens is 240 g/mol. The summed E-state index contributed by atoms with van der Waals surface area (Å²) >= 11 is 0. The number of hydrogen-bond donors (Lipinski definition) is 2. The SMILES string of the molecule is CC1=C(C2CNCCN2)C(=O)c2ccccc2C1=O. The molecule has 1 aromatic carbocycles. The Morgan fingerprint density at radius 3 is 2.37 bits per heavy atom. The summed E-state index contributed by atoms with van der Waals surface area (Å²) in [4.78, 5) is 25.0. The smallest absolute Gasteiger partial charge is 0.191 e. The lowest BCUT2D eigenvalue weighted by atomic mass is 9.81. The maximum absolute atomic E-state index is 12.6. The highest BCUT2D eigenvalue weighted by Crippen LogP contribution is 2.28. The average Bonchev–Trinajstić information content (AvgIpc) is 2.46. The highest BCUT2D eigenvalue weighted by atomic mass is 16.1. The van der Waals surface area contributed by atoms with E-state index in [-0.39, 0.29) is 17.6 Å². The Labute approximate surface area is 111 Å². The quantitative estimate of drug-likeness (QED) is 0.785. The zero-order valence-electron chi connectivity index (χ0n) is 10.8. The number of carbonyl (C=O) groups is 2. The van der Waals surface area contributed by atoms with Gasteiger partial charge in [-0.2, -0.15) is 0 Å². The van der Waals surface area contributed by atoms with Crippen LogP contribution in [0, 0.1) is 0 Å². The van der Waals surface area contributed by atoms with Crippen LogP contribution in [0.25, 0.3) is 0 Å². The molecule has 1 unspecified atom stereocenters. The minimum atomic E-state index is -0.0708. The third kappa shape index (κ3) is 1.93. The van der Waals surface area contributed by atoms with Gasteiger partial charge in [-0.1, -0.05) is 24.3 Å². The number of nitrogens with one attached hydrogen (secondary N) is 2. The van der Waals surface area contributed by atoms with Gasteiger partial charge < -0.3 is 10.6 Å². The second-order valence-corrected chi connectivity index (χ2v) is 4.95. The normalized spacial score (nSPS) is 23.5. The molecule has 2 aliphatic rings. The molecule has 0 bridgehead atoms. The molecule has 1 aliphatic carbocycles. The van der Waals surface area contributed by atoms with Gasteiger partial charge in [-0.15, -0.1) is 0 Å². The number of carbonyl (C=O) groups excluding carboxylic acids is 2. The van der Waals surface area contributed by atoms with Crippen LogP contribution in [0.2, 0.25) is 0 Å². The number of Topliss-reactive ketones (excluding diaryl/α,β-unsaturated/α-hetero) is 2. The first kappa shape index (κ1) is 12.3. The van der Waals surface area contributed by atoms with Gasteiger partial charge in [0.15, 0.2) is 11.6 Å². The van der Waals surface area contributed by atoms with Crippen molar-refractivity contribution in [2.75, 3.05) is 19.6 Å². The Morgan fingerprint density at radius 2 is 1.74 bits per heavy atom. The summed E-state index contributed by atoms with van der Waals surface area (Å²) < 4.78 is 0. The summed E-state index contributed by atoms with van der Waals surface area (Å²) in [5.74, 6) is -0.0496. The molecule has 0 saturated carbocycles. The van der Waals surface area contributed by atoms with Crippen molar-refractivity contribution in [2.24, 2.45) is 0 Å². The molecule has 0 amide bonds. The molecule has 0 aromatic heterocycles. The molecule has 1 fully saturated rings. The first-order valence-electron chi connectivity index (χ1n) is 6.53. The van der Waals surface area contributed by atoms with E-state index in [4.69, 9.17) is 0 Å². The Hall–Kier alpha value is -1.78. The molecular formula is C15H16N2O2. The number of hydrogen-bond acceptors (Lipinski definition) is 4. The predicted octanol–water partition coefficient (Wildman–Crippen LogP) is 0.943. The summed E-state index contributed by atoms with van der Waals surface area (Å²) in [5.41, 5.74) is 2.25. The van der Waals surface area contributed by atoms with Crippen molar-refractivity contribution < 1.29 is 9.59 Å². The molecule has 3 rings (SSSR count). The lowest BCUT2D eigenvalue weighted by Gasteiger charge is -2.29. The molecule has 2 N–H and O–H groups in total. The second kappa shape index (κ2) is 4.72. The van der Waals surface area contributed by atoms with Crippen molar-refractivity contribution >= 4 is 11.6 Å². The third-order valence-electron chi connectivity index (χ3n) is 3.79. The van der Waals surface area contributed by atoms with E-state index in [9.17, 15) is 9.59 Å². The minimum absolute atomic E-state index is 0.0195. The Bertz CT molecular complexity index is 584. The zero-order valence-corrected chi connectivity index (χ0v) is 10.8. The van der Waals surface area contributed by atoms with E-state index >= 15 is 0 Å². The minimum Gasteiger partial charge on any atom is -0.314 e. The molecule has 1 aliphatic heterocycles. The van der Waals surface area contributed by atoms with Crippen LogP contribution in [0.3, 0.4) is 0 Å². The van der Waals surface area contributed by atoms with Crippen LogP contribution >= 0.6 is 0 Å². The zero-order chi connectivity index (χ0) is 13.4. The number of ketones is 2. The van der Waals surface area contributed by atoms with E-state index in [0.29, 0.717) is 28.8 Å². The van der Waals surface area contributed by atoms with Gasteiger partial charge in [-0.05, 0) is 6.92 Å². The van der Waals surface area contributed by atoms with E-state index in [0.717, 1.165) is 13.1 Å². The number of piperazine rings is 1. The standard InChI is InChI=1S/C15H16N2O2/c1-9-13(12-8-16-6-7-17-12)15(19)11-5-3-2-4-10(11)14(9)18/h2-5,12,16-17H,6-8H2,1H3. The fourth-order valence-electron chi connectivity index (χ4n) is 2.80. The molecule has 1 heterocycles. The lowest BCUT2D eigenvalue weighted by molar-refractivity contribution is 0.0966. The summed E-state index contributed by atoms with van der Waals surface area (Å²) in [6.45, 7) is 4.14. The molecule has 1 aromatic rings. The van der Waals surface area contributed by atoms with Crippen molar-refractivity contribution in [1.82, 2.24) is 10.6 Å². The largest absolute Gasteiger partial charge is 0.314 e. The lowest BCUT2D eigenvalue weighted by Crippen LogP contribution is -2.51. The van der Waals surface area contributed by atoms with Gasteiger partial charge in [-0.3, -0.25) is 9.59 Å². The number of allylic oxidation sites excluding steroid dienone is 1. The van der Waals surface area contributed by atoms with Gasteiger partial charge in [0.1, 0.15) is 0 Å². The molecule has 0 radical (unpaired) electrons. The molecule has 4 nitrogen and oxygen atoms in total. The topological polar surface area (TPSA) is 58.2 Å². The summed E-state index contributed by atoms with van der Waals surface area (Å²) in [5, 5.41) is 6.56. The first-order valence-corrected chi connectivity index (χ1v) is 6.53. The first-order chi connectivity index (χ1) is 9.20. The molecule has 0 spiro atoms. The van der Waals surface area contributed by atoms with Gasteiger partial charge in [-0.25, -0.2) is 0 Å². The molecule has 1 atom stereocenters. The predicted molar refractivity (Wildman–Crippen MR) is 72.5 cm³/mol. The highest BCUT2D eigenvalue weighted by Gasteiger charge is 2.34. The fourth-order valence-corrected chi connectivity index (χ4v) is 2.80. The van der Waals surface area contributed by atoms with Crippen LogP contribution in [-0.4, -0.2) is 37.2 Å². The van der Waals surface area contributed by atoms with Crippen LogP contribution in [0.15, 0.2) is 35.4 Å². The van der Waals surface area contributed by atoms with Gasteiger partial charge >= 0.3 is 0 Å². The van der Waals surface area contributed by atoms with Crippen LogP contribution < -0.4 is 10.6 Å². The van der Waals surface area contributed by atoms with Crippen molar-refractivity contribution in [3.05, 3.63) is 46.5 Å². The van der Waals surface area contributed by atoms with Crippen LogP contribution in [0.1, 0.15) is 27.6 Å². The van der Waals surface area contributed by atoms with E-state index in [2.05, 4.69) is 10.6 Å². The Morgan fingerprint density at radius 1 is 1.05 bits per heavy atom. The molecule has 98 valence electrons. The molecule has 19 heavy (non-hydrogen) atoms. The maximum atomic E-state index is 12.6. The van der Waals surface area contributed by atoms with E-state index < -0.39 is 0 Å². The fraction of sp³-hybridized carbons (Fsp3) is 0.333. The van der Waals surface area contributed by atoms with Gasteiger partial charge in [0, 0.05) is 47.9 Å². The second-order valence-electron chi connectivity index (χ2n) is 4.95. The number of fused-ring (bicyclic) bond motifs is 1.